The van der Waals surface area contributed by atoms with Gasteiger partial charge in [0.1, 0.15) is 23.4 Å². The van der Waals surface area contributed by atoms with E-state index >= 15 is 0 Å². The first-order valence-electron chi connectivity index (χ1n) is 8.26. The number of nitrogens with one attached hydrogen (secondary N) is 3. The third-order valence-corrected chi connectivity index (χ3v) is 4.35. The number of hydrogen-bond donors (Lipinski definition) is 5. The van der Waals surface area contributed by atoms with Crippen LogP contribution in [-0.4, -0.2) is 50.1 Å². The van der Waals surface area contributed by atoms with Gasteiger partial charge in [0.15, 0.2) is 0 Å². The zero-order valence-corrected chi connectivity index (χ0v) is 16.2. The Bertz CT molecular complexity index is 1000. The fourth-order valence-electron chi connectivity index (χ4n) is 2.25. The summed E-state index contributed by atoms with van der Waals surface area (Å²) in [6.45, 7) is -0.415. The summed E-state index contributed by atoms with van der Waals surface area (Å²) in [4.78, 5) is 23.2. The summed E-state index contributed by atoms with van der Waals surface area (Å²) in [7, 11) is -3.74. The van der Waals surface area contributed by atoms with Crippen LogP contribution in [0.5, 0.6) is 11.5 Å². The Labute approximate surface area is 167 Å². The first-order valence-corrected chi connectivity index (χ1v) is 10.1. The van der Waals surface area contributed by atoms with Crippen molar-refractivity contribution in [2.75, 3.05) is 12.8 Å². The molecule has 11 heteroatoms. The molecule has 0 fully saturated rings. The summed E-state index contributed by atoms with van der Waals surface area (Å²) < 4.78 is 29.9. The minimum absolute atomic E-state index is 0.0520. The molecule has 1 unspecified atom stereocenters. The van der Waals surface area contributed by atoms with E-state index in [9.17, 15) is 18.0 Å². The molecule has 0 saturated carbocycles. The van der Waals surface area contributed by atoms with Crippen molar-refractivity contribution >= 4 is 27.7 Å². The van der Waals surface area contributed by atoms with Gasteiger partial charge < -0.3 is 20.9 Å². The van der Waals surface area contributed by atoms with E-state index in [2.05, 4.69) is 5.32 Å². The van der Waals surface area contributed by atoms with Gasteiger partial charge in [-0.25, -0.2) is 8.42 Å². The zero-order valence-electron chi connectivity index (χ0n) is 15.4. The minimum atomic E-state index is -3.74. The monoisotopic (exact) mass is 420 g/mol. The number of nitrogen functional groups attached to an aromatic ring is 1. The molecule has 1 atom stereocenters. The highest BCUT2D eigenvalue weighted by atomic mass is 32.2. The molecule has 0 spiro atoms. The molecule has 2 aromatic carbocycles. The summed E-state index contributed by atoms with van der Waals surface area (Å²) in [5.74, 6) is -1.05. The molecule has 10 nitrogen and oxygen atoms in total. The topological polar surface area (TPSA) is 172 Å². The highest BCUT2D eigenvalue weighted by Crippen LogP contribution is 2.22. The van der Waals surface area contributed by atoms with Crippen LogP contribution in [0.2, 0.25) is 0 Å². The second-order valence-electron chi connectivity index (χ2n) is 6.06. The number of hydrogen-bond acceptors (Lipinski definition) is 6. The van der Waals surface area contributed by atoms with Gasteiger partial charge in [-0.1, -0.05) is 0 Å². The first kappa shape index (κ1) is 21.9. The number of sulfonamides is 1. The van der Waals surface area contributed by atoms with Crippen LogP contribution in [0.3, 0.4) is 0 Å². The molecule has 0 heterocycles. The molecule has 29 heavy (non-hydrogen) atoms. The molecule has 0 aliphatic carbocycles. The van der Waals surface area contributed by atoms with Crippen LogP contribution in [-0.2, 0) is 14.8 Å². The van der Waals surface area contributed by atoms with Gasteiger partial charge in [-0.2, -0.15) is 4.72 Å². The fraction of sp³-hybridized carbons (Fsp3) is 0.167. The van der Waals surface area contributed by atoms with E-state index in [1.165, 1.54) is 12.1 Å². The van der Waals surface area contributed by atoms with Crippen LogP contribution in [0.1, 0.15) is 15.9 Å². The number of aliphatic carboxylic acids is 1. The molecule has 2 aromatic rings. The molecular formula is C18H20N4O6S. The SMILES string of the molecule is CS(=O)(=O)NC(CNC(=O)c1ccc(Oc2ccc(C(=N)N)cc2)cc1)C(=O)O. The summed E-state index contributed by atoms with van der Waals surface area (Å²) in [6, 6.07) is 11.2. The second kappa shape index (κ2) is 9.17. The molecule has 0 radical (unpaired) electrons. The van der Waals surface area contributed by atoms with Crippen molar-refractivity contribution in [3.05, 3.63) is 59.7 Å². The molecule has 6 N–H and O–H groups in total. The predicted molar refractivity (Wildman–Crippen MR) is 106 cm³/mol. The Kier molecular flexibility index (Phi) is 6.91. The largest absolute Gasteiger partial charge is 0.480 e. The van der Waals surface area contributed by atoms with Gasteiger partial charge in [0.05, 0.1) is 6.26 Å². The smallest absolute Gasteiger partial charge is 0.323 e. The van der Waals surface area contributed by atoms with Gasteiger partial charge in [0.2, 0.25) is 10.0 Å². The van der Waals surface area contributed by atoms with Crippen molar-refractivity contribution in [3.8, 4) is 11.5 Å². The second-order valence-corrected chi connectivity index (χ2v) is 7.84. The number of rotatable bonds is 9. The molecule has 0 saturated heterocycles. The fourth-order valence-corrected chi connectivity index (χ4v) is 2.95. The number of amidine groups is 1. The van der Waals surface area contributed by atoms with Gasteiger partial charge in [0, 0.05) is 17.7 Å². The Balaban J connectivity index is 1.97. The Morgan fingerprint density at radius 1 is 1.07 bits per heavy atom. The summed E-state index contributed by atoms with van der Waals surface area (Å²) in [5.41, 5.74) is 6.20. The maximum absolute atomic E-state index is 12.2. The van der Waals surface area contributed by atoms with Crippen molar-refractivity contribution in [2.45, 2.75) is 6.04 Å². The highest BCUT2D eigenvalue weighted by molar-refractivity contribution is 7.88. The van der Waals surface area contributed by atoms with Gasteiger partial charge in [0.25, 0.3) is 5.91 Å². The van der Waals surface area contributed by atoms with Gasteiger partial charge in [-0.3, -0.25) is 15.0 Å². The van der Waals surface area contributed by atoms with E-state index in [1.807, 2.05) is 4.72 Å². The Morgan fingerprint density at radius 3 is 1.97 bits per heavy atom. The number of amides is 1. The molecule has 0 aromatic heterocycles. The standard InChI is InChI=1S/C18H20N4O6S/c1-29(26,27)22-15(18(24)25)10-21-17(23)12-4-8-14(9-5-12)28-13-6-2-11(3-7-13)16(19)20/h2-9,15,22H,10H2,1H3,(H3,19,20)(H,21,23)(H,24,25). The number of nitrogens with two attached hydrogens (primary N) is 1. The van der Waals surface area contributed by atoms with Crippen LogP contribution >= 0.6 is 0 Å². The zero-order chi connectivity index (χ0) is 21.6. The van der Waals surface area contributed by atoms with E-state index in [0.29, 0.717) is 17.1 Å². The number of ether oxygens (including phenoxy) is 1. The van der Waals surface area contributed by atoms with E-state index in [4.69, 9.17) is 21.0 Å². The molecule has 0 bridgehead atoms. The lowest BCUT2D eigenvalue weighted by Crippen LogP contribution is -2.48. The molecule has 0 aliphatic heterocycles. The normalized spacial score (nSPS) is 12.0. The van der Waals surface area contributed by atoms with Crippen molar-refractivity contribution in [1.29, 1.82) is 5.41 Å². The Morgan fingerprint density at radius 2 is 1.55 bits per heavy atom. The van der Waals surface area contributed by atoms with Crippen LogP contribution in [0.4, 0.5) is 0 Å². The molecule has 2 rings (SSSR count). The van der Waals surface area contributed by atoms with E-state index in [1.54, 1.807) is 36.4 Å². The number of carbonyl (C=O) groups is 2. The molecule has 154 valence electrons. The van der Waals surface area contributed by atoms with Crippen molar-refractivity contribution < 1.29 is 27.9 Å². The summed E-state index contributed by atoms with van der Waals surface area (Å²) >= 11 is 0. The van der Waals surface area contributed by atoms with Crippen molar-refractivity contribution in [2.24, 2.45) is 5.73 Å². The summed E-state index contributed by atoms with van der Waals surface area (Å²) in [6.07, 6.45) is 0.830. The first-order chi connectivity index (χ1) is 13.5. The average Bonchev–Trinajstić information content (AvgIpc) is 2.65. The number of benzene rings is 2. The quantitative estimate of drug-likeness (QED) is 0.290. The summed E-state index contributed by atoms with van der Waals surface area (Å²) in [5, 5.41) is 18.8. The third kappa shape index (κ3) is 6.90. The minimum Gasteiger partial charge on any atom is -0.480 e. The molecule has 1 amide bonds. The third-order valence-electron chi connectivity index (χ3n) is 3.64. The van der Waals surface area contributed by atoms with Crippen LogP contribution < -0.4 is 20.5 Å². The van der Waals surface area contributed by atoms with Crippen molar-refractivity contribution in [1.82, 2.24) is 10.0 Å². The lowest BCUT2D eigenvalue weighted by atomic mass is 10.2. The van der Waals surface area contributed by atoms with Gasteiger partial charge >= 0.3 is 5.97 Å². The predicted octanol–water partition coefficient (Wildman–Crippen LogP) is 0.495. The van der Waals surface area contributed by atoms with Gasteiger partial charge in [-0.15, -0.1) is 0 Å². The maximum atomic E-state index is 12.2. The lowest BCUT2D eigenvalue weighted by Gasteiger charge is -2.14. The van der Waals surface area contributed by atoms with E-state index in [-0.39, 0.29) is 11.4 Å². The highest BCUT2D eigenvalue weighted by Gasteiger charge is 2.22. The van der Waals surface area contributed by atoms with E-state index in [0.717, 1.165) is 6.26 Å². The van der Waals surface area contributed by atoms with Gasteiger partial charge in [-0.05, 0) is 48.5 Å². The number of carboxylic acid groups (broad SMARTS) is 1. The average molecular weight is 420 g/mol. The Hall–Kier alpha value is -3.44. The molecule has 0 aliphatic rings. The van der Waals surface area contributed by atoms with E-state index < -0.39 is 34.5 Å². The number of carboxylic acids is 1. The van der Waals surface area contributed by atoms with Crippen molar-refractivity contribution in [3.63, 3.8) is 0 Å². The van der Waals surface area contributed by atoms with Crippen LogP contribution in [0, 0.1) is 5.41 Å². The maximum Gasteiger partial charge on any atom is 0.323 e. The molecular weight excluding hydrogens is 400 g/mol. The van der Waals surface area contributed by atoms with Crippen LogP contribution in [0.15, 0.2) is 48.5 Å². The lowest BCUT2D eigenvalue weighted by molar-refractivity contribution is -0.138. The van der Waals surface area contributed by atoms with Crippen LogP contribution in [0.25, 0.3) is 0 Å². The number of carbonyl (C=O) groups excluding carboxylic acids is 1.